The third-order valence-corrected chi connectivity index (χ3v) is 4.61. The van der Waals surface area contributed by atoms with Gasteiger partial charge < -0.3 is 9.05 Å². The Morgan fingerprint density at radius 3 is 1.58 bits per heavy atom. The van der Waals surface area contributed by atoms with E-state index in [1.165, 1.54) is 5.82 Å². The molecule has 4 heteroatoms. The molecule has 0 bridgehead atoms. The molecule has 0 amide bonds. The lowest BCUT2D eigenvalue weighted by atomic mass is 10.2. The zero-order valence-corrected chi connectivity index (χ0v) is 14.3. The first-order valence-corrected chi connectivity index (χ1v) is 9.29. The second-order valence-corrected chi connectivity index (χ2v) is 6.90. The predicted molar refractivity (Wildman–Crippen MR) is 101 cm³/mol. The van der Waals surface area contributed by atoms with E-state index < -0.39 is 7.60 Å². The molecule has 2 aromatic rings. The molecule has 2 aromatic carbocycles. The van der Waals surface area contributed by atoms with Crippen LogP contribution in [0.5, 0.6) is 0 Å². The average Bonchev–Trinajstić information content (AvgIpc) is 2.64. The van der Waals surface area contributed by atoms with Crippen molar-refractivity contribution in [1.29, 1.82) is 0 Å². The molecule has 0 aliphatic carbocycles. The van der Waals surface area contributed by atoms with Crippen LogP contribution in [0.4, 0.5) is 0 Å². The van der Waals surface area contributed by atoms with Crippen LogP contribution in [0, 0.1) is 0 Å². The standard InChI is InChI=1S/C20H21O3P/c1-2-24(21,22-17-9-15-19-11-5-3-6-12-19)23-18-10-16-20-13-7-4-8-14-20/h2-16H,1,17-18H2/b15-9+,16-10+. The highest BCUT2D eigenvalue weighted by molar-refractivity contribution is 7.57. The molecule has 0 radical (unpaired) electrons. The number of benzene rings is 2. The lowest BCUT2D eigenvalue weighted by Gasteiger charge is -2.12. The zero-order chi connectivity index (χ0) is 17.1. The molecule has 0 fully saturated rings. The molecule has 0 atom stereocenters. The van der Waals surface area contributed by atoms with Crippen molar-refractivity contribution >= 4 is 19.7 Å². The Bertz CT molecular complexity index is 664. The van der Waals surface area contributed by atoms with Gasteiger partial charge in [0.25, 0.3) is 0 Å². The van der Waals surface area contributed by atoms with Crippen LogP contribution < -0.4 is 0 Å². The van der Waals surface area contributed by atoms with Crippen LogP contribution in [0.25, 0.3) is 12.2 Å². The topological polar surface area (TPSA) is 35.5 Å². The van der Waals surface area contributed by atoms with E-state index in [1.54, 1.807) is 12.2 Å². The SMILES string of the molecule is C=CP(=O)(OC/C=C/c1ccccc1)OC/C=C/c1ccccc1. The Morgan fingerprint density at radius 1 is 0.792 bits per heavy atom. The molecule has 124 valence electrons. The Balaban J connectivity index is 1.78. The maximum Gasteiger partial charge on any atom is 0.354 e. The van der Waals surface area contributed by atoms with Crippen molar-refractivity contribution in [3.05, 3.63) is 96.3 Å². The van der Waals surface area contributed by atoms with Crippen molar-refractivity contribution in [2.24, 2.45) is 0 Å². The first kappa shape index (κ1) is 18.2. The molecule has 24 heavy (non-hydrogen) atoms. The van der Waals surface area contributed by atoms with Crippen molar-refractivity contribution in [2.75, 3.05) is 13.2 Å². The molecule has 2 rings (SSSR count). The van der Waals surface area contributed by atoms with E-state index in [1.807, 2.05) is 72.8 Å². The summed E-state index contributed by atoms with van der Waals surface area (Å²) in [5.74, 6) is 1.24. The van der Waals surface area contributed by atoms with Crippen molar-refractivity contribution in [2.45, 2.75) is 0 Å². The third-order valence-electron chi connectivity index (χ3n) is 3.14. The summed E-state index contributed by atoms with van der Waals surface area (Å²) in [6, 6.07) is 19.7. The van der Waals surface area contributed by atoms with E-state index in [0.29, 0.717) is 0 Å². The summed E-state index contributed by atoms with van der Waals surface area (Å²) in [5, 5.41) is 0. The minimum absolute atomic E-state index is 0.195. The van der Waals surface area contributed by atoms with Gasteiger partial charge in [0.1, 0.15) is 0 Å². The molecule has 0 spiro atoms. The maximum absolute atomic E-state index is 12.4. The second-order valence-electron chi connectivity index (χ2n) is 4.94. The van der Waals surface area contributed by atoms with Gasteiger partial charge in [0.2, 0.25) is 0 Å². The van der Waals surface area contributed by atoms with Gasteiger partial charge in [-0.15, -0.1) is 0 Å². The smallest absolute Gasteiger partial charge is 0.301 e. The van der Waals surface area contributed by atoms with Gasteiger partial charge in [-0.05, 0) is 11.1 Å². The molecule has 0 N–H and O–H groups in total. The van der Waals surface area contributed by atoms with Gasteiger partial charge in [0, 0.05) is 5.82 Å². The highest BCUT2D eigenvalue weighted by Gasteiger charge is 2.18. The minimum atomic E-state index is -3.28. The van der Waals surface area contributed by atoms with E-state index in [0.717, 1.165) is 11.1 Å². The number of hydrogen-bond donors (Lipinski definition) is 0. The molecule has 3 nitrogen and oxygen atoms in total. The van der Waals surface area contributed by atoms with Crippen LogP contribution in [-0.4, -0.2) is 13.2 Å². The van der Waals surface area contributed by atoms with Gasteiger partial charge in [-0.25, -0.2) is 0 Å². The maximum atomic E-state index is 12.4. The Kier molecular flexibility index (Phi) is 7.44. The van der Waals surface area contributed by atoms with E-state index in [-0.39, 0.29) is 13.2 Å². The zero-order valence-electron chi connectivity index (χ0n) is 13.5. The summed E-state index contributed by atoms with van der Waals surface area (Å²) in [5.41, 5.74) is 2.11. The van der Waals surface area contributed by atoms with Crippen LogP contribution in [0.2, 0.25) is 0 Å². The second kappa shape index (κ2) is 9.84. The largest absolute Gasteiger partial charge is 0.354 e. The number of rotatable bonds is 9. The van der Waals surface area contributed by atoms with Gasteiger partial charge >= 0.3 is 7.60 Å². The highest BCUT2D eigenvalue weighted by Crippen LogP contribution is 2.49. The van der Waals surface area contributed by atoms with E-state index in [2.05, 4.69) is 6.58 Å². The van der Waals surface area contributed by atoms with Crippen molar-refractivity contribution in [3.8, 4) is 0 Å². The molecular formula is C20H21O3P. The van der Waals surface area contributed by atoms with E-state index in [9.17, 15) is 4.57 Å². The summed E-state index contributed by atoms with van der Waals surface area (Å²) in [6.45, 7) is 3.94. The predicted octanol–water partition coefficient (Wildman–Crippen LogP) is 5.78. The van der Waals surface area contributed by atoms with Gasteiger partial charge in [0.15, 0.2) is 0 Å². The fraction of sp³-hybridized carbons (Fsp3) is 0.100. The molecule has 0 saturated carbocycles. The Hall–Kier alpha value is -2.19. The molecule has 0 unspecified atom stereocenters. The first-order valence-electron chi connectivity index (χ1n) is 7.67. The van der Waals surface area contributed by atoms with Gasteiger partial charge in [0.05, 0.1) is 13.2 Å². The van der Waals surface area contributed by atoms with Crippen LogP contribution >= 0.6 is 7.60 Å². The van der Waals surface area contributed by atoms with Crippen LogP contribution in [-0.2, 0) is 13.6 Å². The van der Waals surface area contributed by atoms with Crippen molar-refractivity contribution in [1.82, 2.24) is 0 Å². The van der Waals surface area contributed by atoms with E-state index in [4.69, 9.17) is 9.05 Å². The lowest BCUT2D eigenvalue weighted by molar-refractivity contribution is 0.246. The van der Waals surface area contributed by atoms with Crippen LogP contribution in [0.3, 0.4) is 0 Å². The molecule has 0 heterocycles. The average molecular weight is 340 g/mol. The van der Waals surface area contributed by atoms with Gasteiger partial charge in [-0.1, -0.05) is 91.5 Å². The summed E-state index contributed by atoms with van der Waals surface area (Å²) >= 11 is 0. The molecule has 0 saturated heterocycles. The lowest BCUT2D eigenvalue weighted by Crippen LogP contribution is -1.94. The molecular weight excluding hydrogens is 319 g/mol. The first-order chi connectivity index (χ1) is 11.7. The molecule has 0 aliphatic heterocycles. The molecule has 0 aliphatic rings. The van der Waals surface area contributed by atoms with Gasteiger partial charge in [-0.2, -0.15) is 0 Å². The third kappa shape index (κ3) is 6.51. The Morgan fingerprint density at radius 2 is 1.21 bits per heavy atom. The Labute approximate surface area is 143 Å². The van der Waals surface area contributed by atoms with Gasteiger partial charge in [-0.3, -0.25) is 4.57 Å². The minimum Gasteiger partial charge on any atom is -0.301 e. The highest BCUT2D eigenvalue weighted by atomic mass is 31.2. The summed E-state index contributed by atoms with van der Waals surface area (Å²) in [4.78, 5) is 0. The van der Waals surface area contributed by atoms with Crippen molar-refractivity contribution in [3.63, 3.8) is 0 Å². The normalized spacial score (nSPS) is 12.0. The summed E-state index contributed by atoms with van der Waals surface area (Å²) < 4.78 is 23.1. The van der Waals surface area contributed by atoms with Crippen LogP contribution in [0.1, 0.15) is 11.1 Å². The quantitative estimate of drug-likeness (QED) is 0.543. The van der Waals surface area contributed by atoms with Crippen LogP contribution in [0.15, 0.2) is 85.2 Å². The molecule has 0 aromatic heterocycles. The van der Waals surface area contributed by atoms with Crippen molar-refractivity contribution < 1.29 is 13.6 Å². The fourth-order valence-corrected chi connectivity index (χ4v) is 2.81. The number of hydrogen-bond acceptors (Lipinski definition) is 3. The van der Waals surface area contributed by atoms with E-state index >= 15 is 0 Å². The summed E-state index contributed by atoms with van der Waals surface area (Å²) in [6.07, 6.45) is 7.41. The fourth-order valence-electron chi connectivity index (χ4n) is 1.93. The summed E-state index contributed by atoms with van der Waals surface area (Å²) in [7, 11) is -3.28. The monoisotopic (exact) mass is 340 g/mol.